The van der Waals surface area contributed by atoms with Gasteiger partial charge in [0, 0.05) is 17.3 Å². The highest BCUT2D eigenvalue weighted by molar-refractivity contribution is 5.95. The molecule has 3 nitrogen and oxygen atoms in total. The van der Waals surface area contributed by atoms with Gasteiger partial charge in [-0.25, -0.2) is 0 Å². The van der Waals surface area contributed by atoms with Crippen LogP contribution < -0.4 is 11.1 Å². The SMILES string of the molecule is CCCC(C)Nc1ccc(C)c(C(N)=O)c1. The maximum Gasteiger partial charge on any atom is 0.249 e. The molecule has 1 amide bonds. The van der Waals surface area contributed by atoms with Gasteiger partial charge in [-0.15, -0.1) is 0 Å². The lowest BCUT2D eigenvalue weighted by Gasteiger charge is -2.15. The molecular formula is C13H20N2O. The van der Waals surface area contributed by atoms with Crippen molar-refractivity contribution in [1.82, 2.24) is 0 Å². The standard InChI is InChI=1S/C13H20N2O/c1-4-5-10(3)15-11-7-6-9(2)12(8-11)13(14)16/h6-8,10,15H,4-5H2,1-3H3,(H2,14,16). The Hall–Kier alpha value is -1.51. The number of hydrogen-bond donors (Lipinski definition) is 2. The van der Waals surface area contributed by atoms with Crippen molar-refractivity contribution < 1.29 is 4.79 Å². The molecule has 0 radical (unpaired) electrons. The molecule has 0 aromatic heterocycles. The molecule has 88 valence electrons. The van der Waals surface area contributed by atoms with Crippen molar-refractivity contribution >= 4 is 11.6 Å². The number of rotatable bonds is 5. The summed E-state index contributed by atoms with van der Waals surface area (Å²) in [5, 5.41) is 3.36. The lowest BCUT2D eigenvalue weighted by molar-refractivity contribution is 0.1000. The fourth-order valence-corrected chi connectivity index (χ4v) is 1.77. The number of carbonyl (C=O) groups excluding carboxylic acids is 1. The summed E-state index contributed by atoms with van der Waals surface area (Å²) >= 11 is 0. The quantitative estimate of drug-likeness (QED) is 0.801. The topological polar surface area (TPSA) is 55.1 Å². The lowest BCUT2D eigenvalue weighted by atomic mass is 10.1. The van der Waals surface area contributed by atoms with E-state index in [9.17, 15) is 4.79 Å². The predicted octanol–water partition coefficient (Wildman–Crippen LogP) is 2.69. The van der Waals surface area contributed by atoms with Gasteiger partial charge >= 0.3 is 0 Å². The number of amides is 1. The van der Waals surface area contributed by atoms with Crippen LogP contribution in [0.3, 0.4) is 0 Å². The monoisotopic (exact) mass is 220 g/mol. The lowest BCUT2D eigenvalue weighted by Crippen LogP contribution is -2.17. The van der Waals surface area contributed by atoms with Gasteiger partial charge in [0.25, 0.3) is 0 Å². The molecule has 16 heavy (non-hydrogen) atoms. The minimum absolute atomic E-state index is 0.371. The average molecular weight is 220 g/mol. The molecule has 1 rings (SSSR count). The summed E-state index contributed by atoms with van der Waals surface area (Å²) in [7, 11) is 0. The van der Waals surface area contributed by atoms with Gasteiger partial charge in [-0.2, -0.15) is 0 Å². The second-order valence-electron chi connectivity index (χ2n) is 4.23. The number of primary amides is 1. The Balaban J connectivity index is 2.82. The first-order chi connectivity index (χ1) is 7.54. The Labute approximate surface area is 97.0 Å². The molecule has 0 aliphatic carbocycles. The van der Waals surface area contributed by atoms with Crippen molar-refractivity contribution in [2.75, 3.05) is 5.32 Å². The molecule has 0 spiro atoms. The van der Waals surface area contributed by atoms with E-state index < -0.39 is 0 Å². The normalized spacial score (nSPS) is 12.2. The molecule has 0 aliphatic heterocycles. The van der Waals surface area contributed by atoms with Gasteiger partial charge in [0.15, 0.2) is 0 Å². The zero-order valence-corrected chi connectivity index (χ0v) is 10.2. The molecule has 0 saturated heterocycles. The van der Waals surface area contributed by atoms with Crippen LogP contribution in [0.15, 0.2) is 18.2 Å². The zero-order valence-electron chi connectivity index (χ0n) is 10.2. The van der Waals surface area contributed by atoms with Crippen LogP contribution in [-0.4, -0.2) is 11.9 Å². The Morgan fingerprint density at radius 2 is 2.19 bits per heavy atom. The average Bonchev–Trinajstić information content (AvgIpc) is 2.21. The maximum atomic E-state index is 11.2. The Morgan fingerprint density at radius 1 is 1.50 bits per heavy atom. The molecule has 0 bridgehead atoms. The first-order valence-electron chi connectivity index (χ1n) is 5.71. The first kappa shape index (κ1) is 12.6. The number of hydrogen-bond acceptors (Lipinski definition) is 2. The van der Waals surface area contributed by atoms with E-state index in [1.165, 1.54) is 0 Å². The molecule has 0 fully saturated rings. The second-order valence-corrected chi connectivity index (χ2v) is 4.23. The highest BCUT2D eigenvalue weighted by Gasteiger charge is 2.07. The van der Waals surface area contributed by atoms with E-state index in [1.807, 2.05) is 25.1 Å². The van der Waals surface area contributed by atoms with Crippen molar-refractivity contribution in [2.45, 2.75) is 39.7 Å². The van der Waals surface area contributed by atoms with Crippen molar-refractivity contribution in [3.05, 3.63) is 29.3 Å². The number of nitrogens with two attached hydrogens (primary N) is 1. The van der Waals surface area contributed by atoms with Crippen LogP contribution in [0.2, 0.25) is 0 Å². The Kier molecular flexibility index (Phi) is 4.35. The fourth-order valence-electron chi connectivity index (χ4n) is 1.77. The zero-order chi connectivity index (χ0) is 12.1. The third-order valence-electron chi connectivity index (χ3n) is 2.64. The van der Waals surface area contributed by atoms with E-state index in [0.717, 1.165) is 24.1 Å². The molecule has 3 N–H and O–H groups in total. The van der Waals surface area contributed by atoms with Crippen LogP contribution in [0.4, 0.5) is 5.69 Å². The minimum atomic E-state index is -0.371. The largest absolute Gasteiger partial charge is 0.383 e. The van der Waals surface area contributed by atoms with Gasteiger partial charge in [0.05, 0.1) is 0 Å². The van der Waals surface area contributed by atoms with Crippen molar-refractivity contribution in [3.8, 4) is 0 Å². The van der Waals surface area contributed by atoms with Gasteiger partial charge in [0.1, 0.15) is 0 Å². The van der Waals surface area contributed by atoms with Crippen LogP contribution in [0.5, 0.6) is 0 Å². The number of aryl methyl sites for hydroxylation is 1. The number of benzene rings is 1. The van der Waals surface area contributed by atoms with Crippen LogP contribution in [0.25, 0.3) is 0 Å². The highest BCUT2D eigenvalue weighted by atomic mass is 16.1. The van der Waals surface area contributed by atoms with E-state index in [2.05, 4.69) is 19.2 Å². The van der Waals surface area contributed by atoms with Gasteiger partial charge in [-0.3, -0.25) is 4.79 Å². The van der Waals surface area contributed by atoms with Crippen LogP contribution >= 0.6 is 0 Å². The van der Waals surface area contributed by atoms with E-state index in [0.29, 0.717) is 11.6 Å². The number of nitrogens with one attached hydrogen (secondary N) is 1. The third-order valence-corrected chi connectivity index (χ3v) is 2.64. The van der Waals surface area contributed by atoms with E-state index in [1.54, 1.807) is 0 Å². The highest BCUT2D eigenvalue weighted by Crippen LogP contribution is 2.16. The maximum absolute atomic E-state index is 11.2. The van der Waals surface area contributed by atoms with Gasteiger partial charge in [-0.1, -0.05) is 19.4 Å². The van der Waals surface area contributed by atoms with Gasteiger partial charge < -0.3 is 11.1 Å². The first-order valence-corrected chi connectivity index (χ1v) is 5.71. The number of anilines is 1. The molecular weight excluding hydrogens is 200 g/mol. The van der Waals surface area contributed by atoms with Gasteiger partial charge in [-0.05, 0) is 38.0 Å². The minimum Gasteiger partial charge on any atom is -0.383 e. The van der Waals surface area contributed by atoms with Crippen molar-refractivity contribution in [1.29, 1.82) is 0 Å². The summed E-state index contributed by atoms with van der Waals surface area (Å²) in [6.07, 6.45) is 2.25. The smallest absolute Gasteiger partial charge is 0.249 e. The molecule has 1 aromatic carbocycles. The van der Waals surface area contributed by atoms with Crippen molar-refractivity contribution in [2.24, 2.45) is 5.73 Å². The summed E-state index contributed by atoms with van der Waals surface area (Å²) in [5.41, 5.74) is 7.77. The Bertz CT molecular complexity index is 374. The second kappa shape index (κ2) is 5.54. The van der Waals surface area contributed by atoms with E-state index in [4.69, 9.17) is 5.73 Å². The summed E-state index contributed by atoms with van der Waals surface area (Å²) in [5.74, 6) is -0.371. The molecule has 0 aliphatic rings. The summed E-state index contributed by atoms with van der Waals surface area (Å²) in [6.45, 7) is 6.18. The molecule has 0 saturated carbocycles. The summed E-state index contributed by atoms with van der Waals surface area (Å²) in [6, 6.07) is 6.13. The number of carbonyl (C=O) groups is 1. The predicted molar refractivity (Wildman–Crippen MR) is 67.7 cm³/mol. The molecule has 1 aromatic rings. The van der Waals surface area contributed by atoms with E-state index >= 15 is 0 Å². The summed E-state index contributed by atoms with van der Waals surface area (Å²) in [4.78, 5) is 11.2. The molecule has 1 atom stereocenters. The third kappa shape index (κ3) is 3.26. The Morgan fingerprint density at radius 3 is 2.75 bits per heavy atom. The van der Waals surface area contributed by atoms with Crippen LogP contribution in [0.1, 0.15) is 42.6 Å². The van der Waals surface area contributed by atoms with Gasteiger partial charge in [0.2, 0.25) is 5.91 Å². The van der Waals surface area contributed by atoms with Crippen LogP contribution in [0, 0.1) is 6.92 Å². The summed E-state index contributed by atoms with van der Waals surface area (Å²) < 4.78 is 0. The van der Waals surface area contributed by atoms with E-state index in [-0.39, 0.29) is 5.91 Å². The fraction of sp³-hybridized carbons (Fsp3) is 0.462. The van der Waals surface area contributed by atoms with Crippen LogP contribution in [-0.2, 0) is 0 Å². The molecule has 1 unspecified atom stereocenters. The van der Waals surface area contributed by atoms with Crippen molar-refractivity contribution in [3.63, 3.8) is 0 Å². The molecule has 3 heteroatoms. The molecule has 0 heterocycles.